The lowest BCUT2D eigenvalue weighted by Gasteiger charge is -2.54. The average molecular weight is 272 g/mol. The number of fused-ring (bicyclic) bond motifs is 1. The molecule has 0 spiro atoms. The van der Waals surface area contributed by atoms with Crippen LogP contribution >= 0.6 is 0 Å². The number of rotatable bonds is 2. The van der Waals surface area contributed by atoms with Gasteiger partial charge in [-0.05, 0) is 55.8 Å². The lowest BCUT2D eigenvalue weighted by atomic mass is 9.54. The molecule has 4 aliphatic carbocycles. The minimum Gasteiger partial charge on any atom is -0.325 e. The first-order valence-electron chi connectivity index (χ1n) is 8.33. The van der Waals surface area contributed by atoms with E-state index in [1.54, 1.807) is 0 Å². The molecule has 20 heavy (non-hydrogen) atoms. The van der Waals surface area contributed by atoms with Crippen LogP contribution in [0.3, 0.4) is 0 Å². The number of nitrogens with two attached hydrogens (primary N) is 1. The van der Waals surface area contributed by atoms with Crippen LogP contribution in [0.2, 0.25) is 0 Å². The van der Waals surface area contributed by atoms with E-state index in [0.29, 0.717) is 12.6 Å². The van der Waals surface area contributed by atoms with E-state index in [1.165, 1.54) is 43.4 Å². The van der Waals surface area contributed by atoms with Crippen LogP contribution in [0, 0.1) is 23.7 Å². The molecule has 0 aromatic carbocycles. The van der Waals surface area contributed by atoms with Crippen molar-refractivity contribution in [3.63, 3.8) is 0 Å². The van der Waals surface area contributed by atoms with E-state index in [9.17, 15) is 0 Å². The summed E-state index contributed by atoms with van der Waals surface area (Å²) < 4.78 is 2.42. The molecule has 0 unspecified atom stereocenters. The number of hydrogen-bond acceptors (Lipinski definition) is 3. The molecule has 2 heterocycles. The number of hydrogen-bond donors (Lipinski definition) is 2. The molecule has 1 aromatic rings. The normalized spacial score (nSPS) is 41.4. The van der Waals surface area contributed by atoms with Gasteiger partial charge in [-0.15, -0.1) is 0 Å². The molecule has 0 atom stereocenters. The highest BCUT2D eigenvalue weighted by molar-refractivity contribution is 5.30. The predicted octanol–water partition coefficient (Wildman–Crippen LogP) is 1.94. The molecular weight excluding hydrogens is 248 g/mol. The Hall–Kier alpha value is -0.870. The maximum Gasteiger partial charge on any atom is 0.0808 e. The Labute approximate surface area is 120 Å². The molecule has 5 aliphatic rings. The maximum atomic E-state index is 5.91. The summed E-state index contributed by atoms with van der Waals surface area (Å²) in [7, 11) is 0. The maximum absolute atomic E-state index is 5.91. The van der Waals surface area contributed by atoms with Crippen LogP contribution in [0.4, 0.5) is 0 Å². The van der Waals surface area contributed by atoms with Gasteiger partial charge in [0.25, 0.3) is 0 Å². The molecule has 6 rings (SSSR count). The van der Waals surface area contributed by atoms with Gasteiger partial charge in [-0.1, -0.05) is 0 Å². The zero-order chi connectivity index (χ0) is 13.3. The summed E-state index contributed by atoms with van der Waals surface area (Å²) in [6, 6.07) is 0.678. The fourth-order valence-electron chi connectivity index (χ4n) is 5.96. The highest BCUT2D eigenvalue weighted by Gasteiger charge is 2.50. The van der Waals surface area contributed by atoms with Crippen molar-refractivity contribution in [2.75, 3.05) is 0 Å². The number of aromatic nitrogens is 2. The summed E-state index contributed by atoms with van der Waals surface area (Å²) in [4.78, 5) is 0. The topological polar surface area (TPSA) is 55.9 Å². The van der Waals surface area contributed by atoms with Crippen molar-refractivity contribution in [1.82, 2.24) is 15.1 Å². The first-order valence-corrected chi connectivity index (χ1v) is 8.33. The van der Waals surface area contributed by atoms with Gasteiger partial charge in [0.05, 0.1) is 17.4 Å². The third-order valence-electron chi connectivity index (χ3n) is 6.45. The second-order valence-corrected chi connectivity index (χ2v) is 7.55. The fourth-order valence-corrected chi connectivity index (χ4v) is 5.96. The van der Waals surface area contributed by atoms with Gasteiger partial charge in [0, 0.05) is 25.2 Å². The van der Waals surface area contributed by atoms with E-state index in [4.69, 9.17) is 10.8 Å². The van der Waals surface area contributed by atoms with Crippen molar-refractivity contribution in [3.8, 4) is 0 Å². The molecule has 4 bridgehead atoms. The zero-order valence-corrected chi connectivity index (χ0v) is 12.0. The van der Waals surface area contributed by atoms with Crippen LogP contribution in [0.15, 0.2) is 0 Å². The second kappa shape index (κ2) is 4.08. The Morgan fingerprint density at radius 3 is 2.40 bits per heavy atom. The molecule has 4 heteroatoms. The van der Waals surface area contributed by atoms with Crippen LogP contribution in [0.5, 0.6) is 0 Å². The van der Waals surface area contributed by atoms with Crippen molar-refractivity contribution in [1.29, 1.82) is 0 Å². The van der Waals surface area contributed by atoms with Crippen LogP contribution in [-0.4, -0.2) is 9.78 Å². The average Bonchev–Trinajstić information content (AvgIpc) is 3.00. The van der Waals surface area contributed by atoms with E-state index in [2.05, 4.69) is 10.00 Å². The molecule has 0 saturated heterocycles. The Morgan fingerprint density at radius 2 is 1.75 bits per heavy atom. The monoisotopic (exact) mass is 272 g/mol. The number of nitrogens with zero attached hydrogens (tertiary/aromatic N) is 2. The van der Waals surface area contributed by atoms with Crippen LogP contribution in [0.25, 0.3) is 0 Å². The largest absolute Gasteiger partial charge is 0.325 e. The molecule has 0 radical (unpaired) electrons. The van der Waals surface area contributed by atoms with Gasteiger partial charge in [-0.2, -0.15) is 5.10 Å². The van der Waals surface area contributed by atoms with E-state index in [1.807, 2.05) is 0 Å². The van der Waals surface area contributed by atoms with Gasteiger partial charge in [0.1, 0.15) is 0 Å². The highest BCUT2D eigenvalue weighted by Crippen LogP contribution is 2.58. The predicted molar refractivity (Wildman–Crippen MR) is 76.7 cm³/mol. The van der Waals surface area contributed by atoms with Crippen LogP contribution < -0.4 is 11.1 Å². The summed E-state index contributed by atoms with van der Waals surface area (Å²) in [5.74, 6) is 3.84. The molecule has 1 aliphatic heterocycles. The molecule has 1 aromatic heterocycles. The summed E-state index contributed by atoms with van der Waals surface area (Å²) >= 11 is 0. The Bertz CT molecular complexity index is 519. The highest BCUT2D eigenvalue weighted by atomic mass is 15.3. The zero-order valence-electron chi connectivity index (χ0n) is 12.0. The molecule has 3 N–H and O–H groups in total. The van der Waals surface area contributed by atoms with E-state index in [0.717, 1.165) is 42.5 Å². The minimum absolute atomic E-state index is 0.588. The summed E-state index contributed by atoms with van der Waals surface area (Å²) in [6.07, 6.45) is 7.34. The lowest BCUT2D eigenvalue weighted by Crippen LogP contribution is -2.46. The van der Waals surface area contributed by atoms with Crippen LogP contribution in [0.1, 0.15) is 55.1 Å². The summed E-state index contributed by atoms with van der Waals surface area (Å²) in [5, 5.41) is 8.44. The van der Waals surface area contributed by atoms with Gasteiger partial charge in [-0.3, -0.25) is 4.68 Å². The minimum atomic E-state index is 0.588. The second-order valence-electron chi connectivity index (χ2n) is 7.55. The quantitative estimate of drug-likeness (QED) is 0.865. The van der Waals surface area contributed by atoms with E-state index < -0.39 is 0 Å². The van der Waals surface area contributed by atoms with Crippen molar-refractivity contribution >= 4 is 0 Å². The standard InChI is InChI=1S/C16H24N4/c17-6-14-13-7-18-8-15(13)20(19-14)16-11-2-9-1-10(4-11)5-12(16)3-9/h9-12,16,18H,1-8,17H2. The Kier molecular flexibility index (Phi) is 2.40. The molecule has 108 valence electrons. The third-order valence-corrected chi connectivity index (χ3v) is 6.45. The molecule has 4 nitrogen and oxygen atoms in total. The molecular formula is C16H24N4. The molecule has 0 amide bonds. The number of nitrogens with one attached hydrogen (secondary N) is 1. The smallest absolute Gasteiger partial charge is 0.0808 e. The summed E-state index contributed by atoms with van der Waals surface area (Å²) in [6.45, 7) is 2.55. The third kappa shape index (κ3) is 1.47. The van der Waals surface area contributed by atoms with Crippen molar-refractivity contribution in [2.24, 2.45) is 29.4 Å². The van der Waals surface area contributed by atoms with Gasteiger partial charge in [-0.25, -0.2) is 0 Å². The Morgan fingerprint density at radius 1 is 1.05 bits per heavy atom. The van der Waals surface area contributed by atoms with Gasteiger partial charge in [0.15, 0.2) is 0 Å². The molecule has 4 saturated carbocycles. The molecule has 4 fully saturated rings. The van der Waals surface area contributed by atoms with Gasteiger partial charge in [0.2, 0.25) is 0 Å². The van der Waals surface area contributed by atoms with Crippen LogP contribution in [-0.2, 0) is 19.6 Å². The fraction of sp³-hybridized carbons (Fsp3) is 0.812. The van der Waals surface area contributed by atoms with Crippen molar-refractivity contribution in [3.05, 3.63) is 17.0 Å². The van der Waals surface area contributed by atoms with Crippen molar-refractivity contribution in [2.45, 2.75) is 57.8 Å². The Balaban J connectivity index is 1.57. The first kappa shape index (κ1) is 11.8. The lowest BCUT2D eigenvalue weighted by molar-refractivity contribution is -0.0347. The first-order chi connectivity index (χ1) is 9.83. The van der Waals surface area contributed by atoms with Gasteiger partial charge < -0.3 is 11.1 Å². The van der Waals surface area contributed by atoms with Gasteiger partial charge >= 0.3 is 0 Å². The SMILES string of the molecule is NCc1nn(C2C3CC4CC(C3)CC2C4)c2c1CNC2. The van der Waals surface area contributed by atoms with E-state index in [-0.39, 0.29) is 0 Å². The van der Waals surface area contributed by atoms with Crippen molar-refractivity contribution < 1.29 is 0 Å². The summed E-state index contributed by atoms with van der Waals surface area (Å²) in [5.41, 5.74) is 9.90. The van der Waals surface area contributed by atoms with E-state index >= 15 is 0 Å².